The minimum atomic E-state index is 0.524. The zero-order valence-corrected chi connectivity index (χ0v) is 17.3. The minimum Gasteiger partial charge on any atom is -0.493 e. The highest BCUT2D eigenvalue weighted by Crippen LogP contribution is 2.37. The maximum atomic E-state index is 6.06. The van der Waals surface area contributed by atoms with Crippen LogP contribution in [0.15, 0.2) is 40.9 Å². The monoisotopic (exact) mass is 417 g/mol. The van der Waals surface area contributed by atoms with Crippen LogP contribution in [0.3, 0.4) is 0 Å². The predicted octanol–water partition coefficient (Wildman–Crippen LogP) is 5.77. The summed E-state index contributed by atoms with van der Waals surface area (Å²) in [5, 5.41) is 3.68. The van der Waals surface area contributed by atoms with Crippen LogP contribution >= 0.6 is 15.9 Å². The molecule has 3 rings (SSSR count). The van der Waals surface area contributed by atoms with Crippen molar-refractivity contribution in [3.63, 3.8) is 0 Å². The van der Waals surface area contributed by atoms with Gasteiger partial charge in [-0.3, -0.25) is 0 Å². The zero-order chi connectivity index (χ0) is 18.4. The van der Waals surface area contributed by atoms with E-state index >= 15 is 0 Å². The largest absolute Gasteiger partial charge is 0.493 e. The van der Waals surface area contributed by atoms with Crippen LogP contribution in [-0.2, 0) is 13.2 Å². The number of ether oxygens (including phenoxy) is 2. The van der Waals surface area contributed by atoms with Crippen molar-refractivity contribution in [2.75, 3.05) is 7.11 Å². The highest BCUT2D eigenvalue weighted by Gasteiger charge is 2.15. The lowest BCUT2D eigenvalue weighted by Crippen LogP contribution is -2.30. The molecule has 1 aliphatic carbocycles. The molecule has 0 saturated heterocycles. The molecule has 1 aliphatic rings. The highest BCUT2D eigenvalue weighted by molar-refractivity contribution is 9.10. The van der Waals surface area contributed by atoms with Crippen LogP contribution in [0.2, 0.25) is 0 Å². The number of hydrogen-bond acceptors (Lipinski definition) is 3. The Kier molecular flexibility index (Phi) is 6.98. The Hall–Kier alpha value is -1.52. The number of methoxy groups -OCH3 is 1. The van der Waals surface area contributed by atoms with Gasteiger partial charge in [0.25, 0.3) is 0 Å². The maximum Gasteiger partial charge on any atom is 0.175 e. The fourth-order valence-corrected chi connectivity index (χ4v) is 4.15. The number of aryl methyl sites for hydroxylation is 1. The molecule has 26 heavy (non-hydrogen) atoms. The Bertz CT molecular complexity index is 726. The molecule has 1 fully saturated rings. The molecule has 2 aromatic rings. The summed E-state index contributed by atoms with van der Waals surface area (Å²) in [6, 6.07) is 13.2. The molecule has 0 aliphatic heterocycles. The average Bonchev–Trinajstić information content (AvgIpc) is 2.66. The van der Waals surface area contributed by atoms with Crippen LogP contribution in [0.1, 0.15) is 48.8 Å². The predicted molar refractivity (Wildman–Crippen MR) is 110 cm³/mol. The van der Waals surface area contributed by atoms with Crippen molar-refractivity contribution in [1.82, 2.24) is 5.32 Å². The van der Waals surface area contributed by atoms with E-state index in [0.717, 1.165) is 28.1 Å². The molecule has 4 heteroatoms. The van der Waals surface area contributed by atoms with E-state index in [0.29, 0.717) is 12.6 Å². The first-order valence-corrected chi connectivity index (χ1v) is 10.2. The third kappa shape index (κ3) is 5.24. The minimum absolute atomic E-state index is 0.524. The van der Waals surface area contributed by atoms with E-state index in [1.54, 1.807) is 7.11 Å². The van der Waals surface area contributed by atoms with E-state index in [1.807, 2.05) is 0 Å². The van der Waals surface area contributed by atoms with Gasteiger partial charge < -0.3 is 14.8 Å². The van der Waals surface area contributed by atoms with Gasteiger partial charge in [0.15, 0.2) is 11.5 Å². The second kappa shape index (κ2) is 9.43. The normalized spacial score (nSPS) is 15.0. The Morgan fingerprint density at radius 2 is 1.88 bits per heavy atom. The van der Waals surface area contributed by atoms with Gasteiger partial charge in [-0.1, -0.05) is 49.1 Å². The van der Waals surface area contributed by atoms with Crippen molar-refractivity contribution in [2.24, 2.45) is 0 Å². The number of rotatable bonds is 7. The van der Waals surface area contributed by atoms with Gasteiger partial charge in [-0.25, -0.2) is 0 Å². The van der Waals surface area contributed by atoms with Crippen molar-refractivity contribution in [1.29, 1.82) is 0 Å². The molecule has 1 saturated carbocycles. The third-order valence-corrected chi connectivity index (χ3v) is 5.54. The van der Waals surface area contributed by atoms with Crippen molar-refractivity contribution < 1.29 is 9.47 Å². The van der Waals surface area contributed by atoms with Gasteiger partial charge >= 0.3 is 0 Å². The fourth-order valence-electron chi connectivity index (χ4n) is 3.54. The van der Waals surface area contributed by atoms with Crippen LogP contribution in [0.5, 0.6) is 11.5 Å². The lowest BCUT2D eigenvalue weighted by atomic mass is 9.95. The second-order valence-corrected chi connectivity index (χ2v) is 7.96. The molecule has 0 aromatic heterocycles. The zero-order valence-electron chi connectivity index (χ0n) is 15.7. The van der Waals surface area contributed by atoms with Gasteiger partial charge in [-0.2, -0.15) is 0 Å². The number of hydrogen-bond donors (Lipinski definition) is 1. The Balaban J connectivity index is 1.66. The Labute approximate surface area is 165 Å². The summed E-state index contributed by atoms with van der Waals surface area (Å²) in [4.78, 5) is 0. The molecule has 140 valence electrons. The fraction of sp³-hybridized carbons (Fsp3) is 0.455. The first-order valence-electron chi connectivity index (χ1n) is 9.44. The van der Waals surface area contributed by atoms with Crippen LogP contribution in [0, 0.1) is 6.92 Å². The molecule has 0 unspecified atom stereocenters. The van der Waals surface area contributed by atoms with Crippen LogP contribution in [0.25, 0.3) is 0 Å². The van der Waals surface area contributed by atoms with Gasteiger partial charge in [0.1, 0.15) is 6.61 Å². The molecular formula is C22H28BrNO2. The van der Waals surface area contributed by atoms with Crippen molar-refractivity contribution in [2.45, 2.75) is 58.2 Å². The summed E-state index contributed by atoms with van der Waals surface area (Å²) in [6.45, 7) is 3.47. The molecule has 3 nitrogen and oxygen atoms in total. The summed E-state index contributed by atoms with van der Waals surface area (Å²) in [5.41, 5.74) is 3.60. The third-order valence-electron chi connectivity index (χ3n) is 4.95. The summed E-state index contributed by atoms with van der Waals surface area (Å²) in [6.07, 6.45) is 6.64. The molecule has 0 bridgehead atoms. The van der Waals surface area contributed by atoms with Crippen LogP contribution in [-0.4, -0.2) is 13.2 Å². The van der Waals surface area contributed by atoms with E-state index < -0.39 is 0 Å². The second-order valence-electron chi connectivity index (χ2n) is 7.10. The SMILES string of the molecule is COc1cc(CNC2CCCCC2)cc(Br)c1OCc1cccc(C)c1. The first kappa shape index (κ1) is 19.2. The molecule has 0 heterocycles. The van der Waals surface area contributed by atoms with Gasteiger partial charge in [0.2, 0.25) is 0 Å². The average molecular weight is 418 g/mol. The van der Waals surface area contributed by atoms with Crippen molar-refractivity contribution in [3.05, 3.63) is 57.6 Å². The first-order chi connectivity index (χ1) is 12.7. The standard InChI is InChI=1S/C22H28BrNO2/c1-16-7-6-8-17(11-16)15-26-22-20(23)12-18(13-21(22)25-2)14-24-19-9-4-3-5-10-19/h6-8,11-13,19,24H,3-5,9-10,14-15H2,1-2H3. The van der Waals surface area contributed by atoms with E-state index in [4.69, 9.17) is 9.47 Å². The van der Waals surface area contributed by atoms with Crippen LogP contribution < -0.4 is 14.8 Å². The summed E-state index contributed by atoms with van der Waals surface area (Å²) < 4.78 is 12.6. The van der Waals surface area contributed by atoms with E-state index in [2.05, 4.69) is 64.6 Å². The quantitative estimate of drug-likeness (QED) is 0.620. The van der Waals surface area contributed by atoms with Crippen molar-refractivity contribution in [3.8, 4) is 11.5 Å². The van der Waals surface area contributed by atoms with Crippen LogP contribution in [0.4, 0.5) is 0 Å². The number of nitrogens with one attached hydrogen (secondary N) is 1. The Morgan fingerprint density at radius 3 is 2.62 bits per heavy atom. The number of halogens is 1. The molecule has 0 spiro atoms. The molecule has 2 aromatic carbocycles. The summed E-state index contributed by atoms with van der Waals surface area (Å²) in [5.74, 6) is 1.53. The van der Waals surface area contributed by atoms with E-state index in [9.17, 15) is 0 Å². The molecule has 0 atom stereocenters. The lowest BCUT2D eigenvalue weighted by molar-refractivity contribution is 0.282. The molecule has 1 N–H and O–H groups in total. The Morgan fingerprint density at radius 1 is 1.08 bits per heavy atom. The van der Waals surface area contributed by atoms with E-state index in [1.165, 1.54) is 43.2 Å². The summed E-state index contributed by atoms with van der Waals surface area (Å²) in [7, 11) is 1.69. The molecular weight excluding hydrogens is 390 g/mol. The lowest BCUT2D eigenvalue weighted by Gasteiger charge is -2.23. The number of benzene rings is 2. The molecule has 0 radical (unpaired) electrons. The maximum absolute atomic E-state index is 6.06. The van der Waals surface area contributed by atoms with Gasteiger partial charge in [-0.15, -0.1) is 0 Å². The van der Waals surface area contributed by atoms with E-state index in [-0.39, 0.29) is 0 Å². The topological polar surface area (TPSA) is 30.5 Å². The molecule has 0 amide bonds. The highest BCUT2D eigenvalue weighted by atomic mass is 79.9. The van der Waals surface area contributed by atoms with Gasteiger partial charge in [-0.05, 0) is 59.0 Å². The smallest absolute Gasteiger partial charge is 0.175 e. The van der Waals surface area contributed by atoms with Gasteiger partial charge in [0, 0.05) is 12.6 Å². The van der Waals surface area contributed by atoms with Gasteiger partial charge in [0.05, 0.1) is 11.6 Å². The van der Waals surface area contributed by atoms with Crippen molar-refractivity contribution >= 4 is 15.9 Å². The summed E-state index contributed by atoms with van der Waals surface area (Å²) >= 11 is 3.66.